The van der Waals surface area contributed by atoms with Gasteiger partial charge in [-0.3, -0.25) is 0 Å². The van der Waals surface area contributed by atoms with Gasteiger partial charge in [-0.05, 0) is 18.8 Å². The maximum Gasteiger partial charge on any atom is 0.0845 e. The monoisotopic (exact) mass is 132 g/mol. The standard InChI is InChI=1S/C6H9ClO/c7-3-4-1-5-6(2-4)8-5/h4-6H,1-3H2. The summed E-state index contributed by atoms with van der Waals surface area (Å²) in [6, 6.07) is 0. The highest BCUT2D eigenvalue weighted by Gasteiger charge is 2.47. The summed E-state index contributed by atoms with van der Waals surface area (Å²) in [4.78, 5) is 0. The van der Waals surface area contributed by atoms with Gasteiger partial charge in [0.05, 0.1) is 12.2 Å². The zero-order chi connectivity index (χ0) is 5.56. The number of halogens is 1. The first kappa shape index (κ1) is 5.07. The highest BCUT2D eigenvalue weighted by atomic mass is 35.5. The Morgan fingerprint density at radius 2 is 2.00 bits per heavy atom. The molecule has 0 aromatic rings. The van der Waals surface area contributed by atoms with Gasteiger partial charge in [-0.2, -0.15) is 0 Å². The molecular formula is C6H9ClO. The lowest BCUT2D eigenvalue weighted by Gasteiger charge is -2.03. The number of fused-ring (bicyclic) bond motifs is 1. The molecule has 1 aliphatic heterocycles. The molecule has 0 spiro atoms. The molecule has 0 N–H and O–H groups in total. The fourth-order valence-electron chi connectivity index (χ4n) is 1.47. The van der Waals surface area contributed by atoms with Crippen molar-refractivity contribution in [2.24, 2.45) is 5.92 Å². The maximum absolute atomic E-state index is 5.64. The Hall–Kier alpha value is 0.250. The molecule has 8 heavy (non-hydrogen) atoms. The first-order valence-corrected chi connectivity index (χ1v) is 3.65. The summed E-state index contributed by atoms with van der Waals surface area (Å²) < 4.78 is 5.23. The molecule has 0 radical (unpaired) electrons. The fourth-order valence-corrected chi connectivity index (χ4v) is 1.73. The molecule has 2 aliphatic rings. The van der Waals surface area contributed by atoms with Gasteiger partial charge < -0.3 is 4.74 Å². The van der Waals surface area contributed by atoms with Crippen molar-refractivity contribution in [3.63, 3.8) is 0 Å². The largest absolute Gasteiger partial charge is 0.370 e. The lowest BCUT2D eigenvalue weighted by Crippen LogP contribution is -1.99. The van der Waals surface area contributed by atoms with E-state index in [0.29, 0.717) is 12.2 Å². The number of epoxide rings is 1. The van der Waals surface area contributed by atoms with E-state index >= 15 is 0 Å². The van der Waals surface area contributed by atoms with Crippen LogP contribution in [-0.4, -0.2) is 18.1 Å². The minimum Gasteiger partial charge on any atom is -0.370 e. The summed E-state index contributed by atoms with van der Waals surface area (Å²) in [6.45, 7) is 0. The Balaban J connectivity index is 1.89. The molecule has 2 atom stereocenters. The van der Waals surface area contributed by atoms with Crippen LogP contribution in [0.25, 0.3) is 0 Å². The molecule has 46 valence electrons. The summed E-state index contributed by atoms with van der Waals surface area (Å²) in [5.41, 5.74) is 0. The molecule has 2 fully saturated rings. The number of hydrogen-bond donors (Lipinski definition) is 0. The second-order valence-corrected chi connectivity index (χ2v) is 3.01. The van der Waals surface area contributed by atoms with Gasteiger partial charge in [-0.1, -0.05) is 0 Å². The quantitative estimate of drug-likeness (QED) is 0.388. The fraction of sp³-hybridized carbons (Fsp3) is 1.00. The Morgan fingerprint density at radius 3 is 2.38 bits per heavy atom. The van der Waals surface area contributed by atoms with Crippen LogP contribution in [0.1, 0.15) is 12.8 Å². The van der Waals surface area contributed by atoms with E-state index < -0.39 is 0 Å². The predicted octanol–water partition coefficient (Wildman–Crippen LogP) is 1.40. The minimum atomic E-state index is 0.610. The van der Waals surface area contributed by atoms with Crippen LogP contribution in [0.3, 0.4) is 0 Å². The molecule has 2 unspecified atom stereocenters. The van der Waals surface area contributed by atoms with Crippen LogP contribution in [0.15, 0.2) is 0 Å². The van der Waals surface area contributed by atoms with Crippen molar-refractivity contribution in [1.82, 2.24) is 0 Å². The molecule has 1 nitrogen and oxygen atoms in total. The maximum atomic E-state index is 5.64. The van der Waals surface area contributed by atoms with Crippen molar-refractivity contribution in [2.75, 3.05) is 5.88 Å². The van der Waals surface area contributed by atoms with Gasteiger partial charge in [0.25, 0.3) is 0 Å². The second kappa shape index (κ2) is 1.61. The number of hydrogen-bond acceptors (Lipinski definition) is 1. The summed E-state index contributed by atoms with van der Waals surface area (Å²) in [5.74, 6) is 1.59. The third kappa shape index (κ3) is 0.652. The molecule has 0 amide bonds. The SMILES string of the molecule is ClCC1CC2OC2C1. The van der Waals surface area contributed by atoms with Gasteiger partial charge >= 0.3 is 0 Å². The number of ether oxygens (including phenoxy) is 1. The van der Waals surface area contributed by atoms with Crippen LogP contribution in [0.5, 0.6) is 0 Å². The molecule has 1 saturated heterocycles. The van der Waals surface area contributed by atoms with Crippen LogP contribution < -0.4 is 0 Å². The molecule has 1 aliphatic carbocycles. The molecular weight excluding hydrogens is 124 g/mol. The molecule has 0 aromatic heterocycles. The van der Waals surface area contributed by atoms with E-state index in [1.54, 1.807) is 0 Å². The average molecular weight is 133 g/mol. The average Bonchev–Trinajstić information content (AvgIpc) is 2.40. The van der Waals surface area contributed by atoms with Crippen molar-refractivity contribution < 1.29 is 4.74 Å². The van der Waals surface area contributed by atoms with E-state index in [-0.39, 0.29) is 0 Å². The van der Waals surface area contributed by atoms with Crippen molar-refractivity contribution in [3.8, 4) is 0 Å². The van der Waals surface area contributed by atoms with Gasteiger partial charge in [0, 0.05) is 5.88 Å². The number of alkyl halides is 1. The Kier molecular flexibility index (Phi) is 1.02. The van der Waals surface area contributed by atoms with E-state index in [1.165, 1.54) is 12.8 Å². The lowest BCUT2D eigenvalue weighted by atomic mass is 10.1. The van der Waals surface area contributed by atoms with Gasteiger partial charge in [0.2, 0.25) is 0 Å². The zero-order valence-corrected chi connectivity index (χ0v) is 5.40. The van der Waals surface area contributed by atoms with Crippen LogP contribution >= 0.6 is 11.6 Å². The zero-order valence-electron chi connectivity index (χ0n) is 4.64. The smallest absolute Gasteiger partial charge is 0.0845 e. The number of rotatable bonds is 1. The van der Waals surface area contributed by atoms with Gasteiger partial charge in [-0.15, -0.1) is 11.6 Å². The van der Waals surface area contributed by atoms with Crippen molar-refractivity contribution in [1.29, 1.82) is 0 Å². The predicted molar refractivity (Wildman–Crippen MR) is 32.1 cm³/mol. The van der Waals surface area contributed by atoms with Gasteiger partial charge in [0.15, 0.2) is 0 Å². The normalized spacial score (nSPS) is 51.4. The minimum absolute atomic E-state index is 0.610. The van der Waals surface area contributed by atoms with E-state index in [0.717, 1.165) is 11.8 Å². The Bertz CT molecular complexity index is 94.7. The topological polar surface area (TPSA) is 12.5 Å². The summed E-state index contributed by atoms with van der Waals surface area (Å²) >= 11 is 5.64. The molecule has 2 heteroatoms. The molecule has 0 aromatic carbocycles. The van der Waals surface area contributed by atoms with Gasteiger partial charge in [0.1, 0.15) is 0 Å². The van der Waals surface area contributed by atoms with E-state index in [2.05, 4.69) is 0 Å². The second-order valence-electron chi connectivity index (χ2n) is 2.70. The van der Waals surface area contributed by atoms with E-state index in [4.69, 9.17) is 16.3 Å². The third-order valence-electron chi connectivity index (χ3n) is 2.04. The van der Waals surface area contributed by atoms with Crippen molar-refractivity contribution in [3.05, 3.63) is 0 Å². The van der Waals surface area contributed by atoms with Crippen LogP contribution in [0.4, 0.5) is 0 Å². The molecule has 0 bridgehead atoms. The molecule has 1 saturated carbocycles. The van der Waals surface area contributed by atoms with Crippen LogP contribution in [0.2, 0.25) is 0 Å². The van der Waals surface area contributed by atoms with Crippen LogP contribution in [0, 0.1) is 5.92 Å². The lowest BCUT2D eigenvalue weighted by molar-refractivity contribution is 0.284. The molecule has 2 rings (SSSR count). The van der Waals surface area contributed by atoms with Crippen molar-refractivity contribution in [2.45, 2.75) is 25.0 Å². The highest BCUT2D eigenvalue weighted by Crippen LogP contribution is 2.42. The summed E-state index contributed by atoms with van der Waals surface area (Å²) in [6.07, 6.45) is 3.65. The first-order valence-electron chi connectivity index (χ1n) is 3.11. The summed E-state index contributed by atoms with van der Waals surface area (Å²) in [5, 5.41) is 0. The van der Waals surface area contributed by atoms with Crippen molar-refractivity contribution >= 4 is 11.6 Å². The Labute approximate surface area is 54.0 Å². The summed E-state index contributed by atoms with van der Waals surface area (Å²) in [7, 11) is 0. The highest BCUT2D eigenvalue weighted by molar-refractivity contribution is 6.18. The Morgan fingerprint density at radius 1 is 1.38 bits per heavy atom. The van der Waals surface area contributed by atoms with E-state index in [1.807, 2.05) is 0 Å². The third-order valence-corrected chi connectivity index (χ3v) is 2.47. The first-order chi connectivity index (χ1) is 3.90. The van der Waals surface area contributed by atoms with Crippen LogP contribution in [-0.2, 0) is 4.74 Å². The van der Waals surface area contributed by atoms with E-state index in [9.17, 15) is 0 Å². The molecule has 1 heterocycles. The van der Waals surface area contributed by atoms with Gasteiger partial charge in [-0.25, -0.2) is 0 Å².